The molecule has 1 aliphatic heterocycles. The van der Waals surface area contributed by atoms with E-state index in [0.29, 0.717) is 11.1 Å². The Hall–Kier alpha value is -3.94. The predicted octanol–water partition coefficient (Wildman–Crippen LogP) is 3.49. The number of hydrogen-bond acceptors (Lipinski definition) is 6. The van der Waals surface area contributed by atoms with Gasteiger partial charge in [-0.25, -0.2) is 9.98 Å². The SMILES string of the molecule is COc1ccc(C2(c3cccc(-c4cccnc4F)c3)COC(N)=N2)cc1C.O=CO. The molecule has 0 spiro atoms. The molecule has 7 nitrogen and oxygen atoms in total. The van der Waals surface area contributed by atoms with Crippen LogP contribution >= 0.6 is 0 Å². The van der Waals surface area contributed by atoms with Gasteiger partial charge in [0.15, 0.2) is 5.54 Å². The molecule has 1 unspecified atom stereocenters. The van der Waals surface area contributed by atoms with E-state index in [-0.39, 0.29) is 19.1 Å². The largest absolute Gasteiger partial charge is 0.496 e. The summed E-state index contributed by atoms with van der Waals surface area (Å²) in [5.41, 5.74) is 8.99. The number of carbonyl (C=O) groups is 1. The zero-order valence-electron chi connectivity index (χ0n) is 17.1. The number of aryl methyl sites for hydroxylation is 1. The molecule has 0 radical (unpaired) electrons. The number of amidine groups is 1. The number of nitrogens with zero attached hydrogens (tertiary/aromatic N) is 2. The Bertz CT molecular complexity index is 1120. The molecule has 0 fully saturated rings. The molecule has 1 aromatic heterocycles. The molecule has 3 aromatic rings. The average Bonchev–Trinajstić information content (AvgIpc) is 3.17. The molecule has 0 saturated heterocycles. The lowest BCUT2D eigenvalue weighted by atomic mass is 9.82. The molecular weight excluding hydrogens is 401 g/mol. The molecule has 0 bridgehead atoms. The van der Waals surface area contributed by atoms with Crippen LogP contribution < -0.4 is 10.5 Å². The van der Waals surface area contributed by atoms with Gasteiger partial charge in [0, 0.05) is 11.8 Å². The van der Waals surface area contributed by atoms with Gasteiger partial charge in [0.2, 0.25) is 5.95 Å². The van der Waals surface area contributed by atoms with Crippen LogP contribution in [0.5, 0.6) is 5.75 Å². The highest BCUT2D eigenvalue weighted by atomic mass is 19.1. The van der Waals surface area contributed by atoms with Gasteiger partial charge in [0.1, 0.15) is 12.4 Å². The Morgan fingerprint density at radius 3 is 2.55 bits per heavy atom. The molecule has 0 aliphatic carbocycles. The van der Waals surface area contributed by atoms with E-state index in [4.69, 9.17) is 25.1 Å². The first-order valence-electron chi connectivity index (χ1n) is 9.37. The maximum absolute atomic E-state index is 14.2. The molecule has 31 heavy (non-hydrogen) atoms. The summed E-state index contributed by atoms with van der Waals surface area (Å²) >= 11 is 0. The van der Waals surface area contributed by atoms with Crippen LogP contribution in [0.4, 0.5) is 4.39 Å². The number of aromatic nitrogens is 1. The lowest BCUT2D eigenvalue weighted by Crippen LogP contribution is -2.27. The minimum absolute atomic E-state index is 0.131. The Balaban J connectivity index is 0.000000858. The number of benzene rings is 2. The molecule has 0 amide bonds. The third kappa shape index (κ3) is 4.32. The number of methoxy groups -OCH3 is 1. The minimum Gasteiger partial charge on any atom is -0.496 e. The van der Waals surface area contributed by atoms with Crippen molar-refractivity contribution in [2.75, 3.05) is 13.7 Å². The standard InChI is InChI=1S/C22H20FN3O2.CH2O2/c1-14-11-17(8-9-19(14)27-2)22(13-28-21(24)26-22)16-6-3-5-15(12-16)18-7-4-10-25-20(18)23;2-1-3/h3-12H,13H2,1-2H3,(H2,24,26);1H,(H,2,3). The summed E-state index contributed by atoms with van der Waals surface area (Å²) in [7, 11) is 1.64. The van der Waals surface area contributed by atoms with Crippen LogP contribution in [-0.4, -0.2) is 36.3 Å². The summed E-state index contributed by atoms with van der Waals surface area (Å²) in [5, 5.41) is 6.89. The monoisotopic (exact) mass is 423 g/mol. The van der Waals surface area contributed by atoms with E-state index in [2.05, 4.69) is 9.98 Å². The maximum atomic E-state index is 14.2. The van der Waals surface area contributed by atoms with Gasteiger partial charge in [-0.2, -0.15) is 4.39 Å². The van der Waals surface area contributed by atoms with Crippen LogP contribution in [0.2, 0.25) is 0 Å². The highest BCUT2D eigenvalue weighted by molar-refractivity contribution is 5.76. The van der Waals surface area contributed by atoms with E-state index in [1.54, 1.807) is 19.2 Å². The van der Waals surface area contributed by atoms with Crippen LogP contribution in [0.15, 0.2) is 65.8 Å². The fourth-order valence-corrected chi connectivity index (χ4v) is 3.57. The highest BCUT2D eigenvalue weighted by Crippen LogP contribution is 2.40. The summed E-state index contributed by atoms with van der Waals surface area (Å²) in [6.07, 6.45) is 1.43. The topological polar surface area (TPSA) is 107 Å². The van der Waals surface area contributed by atoms with Gasteiger partial charge in [-0.05, 0) is 59.5 Å². The van der Waals surface area contributed by atoms with Crippen LogP contribution in [-0.2, 0) is 15.1 Å². The van der Waals surface area contributed by atoms with Gasteiger partial charge < -0.3 is 20.3 Å². The first kappa shape index (κ1) is 21.8. The zero-order chi connectivity index (χ0) is 22.4. The van der Waals surface area contributed by atoms with Gasteiger partial charge in [0.25, 0.3) is 12.5 Å². The Morgan fingerprint density at radius 2 is 1.94 bits per heavy atom. The number of hydrogen-bond donors (Lipinski definition) is 2. The van der Waals surface area contributed by atoms with Crippen LogP contribution in [0.1, 0.15) is 16.7 Å². The quantitative estimate of drug-likeness (QED) is 0.491. The molecule has 8 heteroatoms. The highest BCUT2D eigenvalue weighted by Gasteiger charge is 2.40. The van der Waals surface area contributed by atoms with Crippen molar-refractivity contribution in [1.82, 2.24) is 4.98 Å². The second kappa shape index (κ2) is 9.25. The molecule has 160 valence electrons. The number of halogens is 1. The van der Waals surface area contributed by atoms with Crippen molar-refractivity contribution in [3.05, 3.63) is 83.4 Å². The number of rotatable bonds is 4. The normalized spacial score (nSPS) is 17.1. The van der Waals surface area contributed by atoms with Crippen molar-refractivity contribution in [3.63, 3.8) is 0 Å². The van der Waals surface area contributed by atoms with E-state index in [9.17, 15) is 4.39 Å². The Morgan fingerprint density at radius 1 is 1.19 bits per heavy atom. The maximum Gasteiger partial charge on any atom is 0.290 e. The van der Waals surface area contributed by atoms with Gasteiger partial charge in [-0.1, -0.05) is 24.3 Å². The van der Waals surface area contributed by atoms with Crippen molar-refractivity contribution in [2.45, 2.75) is 12.5 Å². The van der Waals surface area contributed by atoms with Crippen molar-refractivity contribution < 1.29 is 23.8 Å². The molecule has 4 rings (SSSR count). The number of pyridine rings is 1. The zero-order valence-corrected chi connectivity index (χ0v) is 17.1. The summed E-state index contributed by atoms with van der Waals surface area (Å²) in [5.74, 6) is 0.278. The second-order valence-corrected chi connectivity index (χ2v) is 6.81. The number of carboxylic acid groups (broad SMARTS) is 1. The third-order valence-corrected chi connectivity index (χ3v) is 5.01. The molecule has 1 aliphatic rings. The average molecular weight is 423 g/mol. The number of ether oxygens (including phenoxy) is 2. The number of aliphatic imine (C=N–C) groups is 1. The molecule has 0 saturated carbocycles. The van der Waals surface area contributed by atoms with Gasteiger partial charge in [-0.15, -0.1) is 0 Å². The molecule has 2 heterocycles. The van der Waals surface area contributed by atoms with Gasteiger partial charge in [-0.3, -0.25) is 4.79 Å². The lowest BCUT2D eigenvalue weighted by molar-refractivity contribution is -0.122. The first-order valence-corrected chi connectivity index (χ1v) is 9.37. The van der Waals surface area contributed by atoms with E-state index in [0.717, 1.165) is 22.4 Å². The van der Waals surface area contributed by atoms with Crippen LogP contribution in [0.3, 0.4) is 0 Å². The van der Waals surface area contributed by atoms with Crippen LogP contribution in [0.25, 0.3) is 11.1 Å². The lowest BCUT2D eigenvalue weighted by Gasteiger charge is -2.26. The van der Waals surface area contributed by atoms with Crippen molar-refractivity contribution >= 4 is 12.5 Å². The molecule has 3 N–H and O–H groups in total. The van der Waals surface area contributed by atoms with Gasteiger partial charge in [0.05, 0.1) is 7.11 Å². The van der Waals surface area contributed by atoms with Crippen LogP contribution in [0, 0.1) is 12.9 Å². The smallest absolute Gasteiger partial charge is 0.290 e. The van der Waals surface area contributed by atoms with E-state index in [1.165, 1.54) is 6.20 Å². The summed E-state index contributed by atoms with van der Waals surface area (Å²) in [4.78, 5) is 16.7. The second-order valence-electron chi connectivity index (χ2n) is 6.81. The molecule has 2 aromatic carbocycles. The van der Waals surface area contributed by atoms with Gasteiger partial charge >= 0.3 is 0 Å². The fourth-order valence-electron chi connectivity index (χ4n) is 3.57. The third-order valence-electron chi connectivity index (χ3n) is 5.01. The van der Waals surface area contributed by atoms with E-state index >= 15 is 0 Å². The summed E-state index contributed by atoms with van der Waals surface area (Å²) in [6, 6.07) is 17.0. The van der Waals surface area contributed by atoms with Crippen molar-refractivity contribution in [1.29, 1.82) is 0 Å². The molecular formula is C23H22FN3O4. The summed E-state index contributed by atoms with van der Waals surface area (Å²) in [6.45, 7) is 1.99. The molecule has 1 atom stereocenters. The van der Waals surface area contributed by atoms with Crippen molar-refractivity contribution in [3.8, 4) is 16.9 Å². The van der Waals surface area contributed by atoms with Crippen molar-refractivity contribution in [2.24, 2.45) is 10.7 Å². The predicted molar refractivity (Wildman–Crippen MR) is 114 cm³/mol. The first-order chi connectivity index (χ1) is 14.9. The Kier molecular flexibility index (Phi) is 6.49. The van der Waals surface area contributed by atoms with E-state index in [1.807, 2.05) is 49.4 Å². The Labute approximate surface area is 179 Å². The minimum atomic E-state index is -0.810. The van der Waals surface area contributed by atoms with E-state index < -0.39 is 11.5 Å². The number of nitrogens with two attached hydrogens (primary N) is 1. The summed E-state index contributed by atoms with van der Waals surface area (Å²) < 4.78 is 25.1. The fraction of sp³-hybridized carbons (Fsp3) is 0.174.